The Kier molecular flexibility index (Phi) is 8.58. The summed E-state index contributed by atoms with van der Waals surface area (Å²) >= 11 is 1.19. The van der Waals surface area contributed by atoms with Gasteiger partial charge in [0.1, 0.15) is 10.3 Å². The van der Waals surface area contributed by atoms with Crippen LogP contribution in [-0.4, -0.2) is 60.1 Å². The van der Waals surface area contributed by atoms with Gasteiger partial charge in [0.2, 0.25) is 0 Å². The summed E-state index contributed by atoms with van der Waals surface area (Å²) in [5, 5.41) is 3.74. The first-order chi connectivity index (χ1) is 19.0. The van der Waals surface area contributed by atoms with Gasteiger partial charge in [0.15, 0.2) is 11.5 Å². The van der Waals surface area contributed by atoms with Crippen molar-refractivity contribution >= 4 is 50.1 Å². The molecule has 0 radical (unpaired) electrons. The predicted octanol–water partition coefficient (Wildman–Crippen LogP) is 5.09. The van der Waals surface area contributed by atoms with Crippen molar-refractivity contribution in [3.8, 4) is 5.75 Å². The van der Waals surface area contributed by atoms with Crippen molar-refractivity contribution in [1.82, 2.24) is 14.8 Å². The highest BCUT2D eigenvalue weighted by atomic mass is 32.1. The molecule has 40 heavy (non-hydrogen) atoms. The molecule has 9 nitrogen and oxygen atoms in total. The van der Waals surface area contributed by atoms with Gasteiger partial charge in [0.05, 0.1) is 30.5 Å². The number of methoxy groups -OCH3 is 1. The predicted molar refractivity (Wildman–Crippen MR) is 157 cm³/mol. The summed E-state index contributed by atoms with van der Waals surface area (Å²) in [6.07, 6.45) is -0.0776. The Hall–Kier alpha value is -4.18. The maximum absolute atomic E-state index is 13.8. The van der Waals surface area contributed by atoms with E-state index in [9.17, 15) is 19.2 Å². The number of benzene rings is 2. The van der Waals surface area contributed by atoms with Crippen LogP contribution in [0.2, 0.25) is 0 Å². The molecule has 2 heterocycles. The zero-order valence-electron chi connectivity index (χ0n) is 23.3. The Balaban J connectivity index is 1.63. The summed E-state index contributed by atoms with van der Waals surface area (Å²) in [6.45, 7) is 5.91. The number of carbonyl (C=O) groups excluding carboxylic acids is 3. The number of ketones is 1. The topological polar surface area (TPSA) is 107 Å². The van der Waals surface area contributed by atoms with Gasteiger partial charge in [-0.25, -0.2) is 4.79 Å². The van der Waals surface area contributed by atoms with E-state index in [0.717, 1.165) is 5.39 Å². The number of thiophene rings is 1. The molecule has 0 atom stereocenters. The zero-order valence-corrected chi connectivity index (χ0v) is 24.1. The van der Waals surface area contributed by atoms with Crippen LogP contribution in [-0.2, 0) is 11.3 Å². The Morgan fingerprint density at radius 3 is 2.38 bits per heavy atom. The molecule has 1 N–H and O–H groups in total. The first-order valence-corrected chi connectivity index (χ1v) is 13.7. The van der Waals surface area contributed by atoms with Crippen molar-refractivity contribution in [2.75, 3.05) is 27.3 Å². The summed E-state index contributed by atoms with van der Waals surface area (Å²) in [4.78, 5) is 54.0. The lowest BCUT2D eigenvalue weighted by atomic mass is 10.1. The lowest BCUT2D eigenvalue weighted by Crippen LogP contribution is -2.41. The minimum Gasteiger partial charge on any atom is -0.494 e. The maximum Gasteiger partial charge on any atom is 0.407 e. The van der Waals surface area contributed by atoms with E-state index >= 15 is 0 Å². The van der Waals surface area contributed by atoms with Crippen molar-refractivity contribution in [2.24, 2.45) is 0 Å². The molecule has 0 aliphatic heterocycles. The van der Waals surface area contributed by atoms with Gasteiger partial charge >= 0.3 is 6.09 Å². The highest BCUT2D eigenvalue weighted by Crippen LogP contribution is 2.40. The minimum atomic E-state index is -0.512. The monoisotopic (exact) mass is 563 g/mol. The third kappa shape index (κ3) is 6.17. The number of Topliss-reactive ketones (excluding diaryl/α,β-unsaturated/α-hetero) is 1. The molecule has 10 heteroatoms. The average molecular weight is 564 g/mol. The van der Waals surface area contributed by atoms with Gasteiger partial charge in [0.25, 0.3) is 11.5 Å². The van der Waals surface area contributed by atoms with Crippen molar-refractivity contribution in [3.05, 3.63) is 75.4 Å². The summed E-state index contributed by atoms with van der Waals surface area (Å²) in [6, 6.07) is 16.1. The molecule has 0 bridgehead atoms. The first kappa shape index (κ1) is 28.8. The highest BCUT2D eigenvalue weighted by molar-refractivity contribution is 7.22. The third-order valence-electron chi connectivity index (χ3n) is 6.25. The van der Waals surface area contributed by atoms with E-state index in [4.69, 9.17) is 9.47 Å². The molecule has 210 valence electrons. The Labute approximate surface area is 236 Å². The van der Waals surface area contributed by atoms with Crippen molar-refractivity contribution in [3.63, 3.8) is 0 Å². The SMILES string of the molecule is COc1c(C(=O)N(C)CCCOC(=O)NC(C)(C)C)sc2c1c(=O)n(CC(=O)c1ccccc1)c1ccccc21. The molecule has 0 unspecified atom stereocenters. The summed E-state index contributed by atoms with van der Waals surface area (Å²) in [5.41, 5.74) is 0.310. The van der Waals surface area contributed by atoms with Crippen molar-refractivity contribution < 1.29 is 23.9 Å². The van der Waals surface area contributed by atoms with Gasteiger partial charge in [-0.05, 0) is 33.3 Å². The van der Waals surface area contributed by atoms with Gasteiger partial charge in [-0.15, -0.1) is 11.3 Å². The zero-order chi connectivity index (χ0) is 29.0. The number of aromatic nitrogens is 1. The number of hydrogen-bond donors (Lipinski definition) is 1. The largest absolute Gasteiger partial charge is 0.494 e. The maximum atomic E-state index is 13.8. The van der Waals surface area contributed by atoms with Crippen LogP contribution in [0.5, 0.6) is 5.75 Å². The van der Waals surface area contributed by atoms with Crippen LogP contribution in [0.3, 0.4) is 0 Å². The molecule has 4 rings (SSSR count). The molecule has 2 aromatic carbocycles. The Morgan fingerprint density at radius 2 is 1.70 bits per heavy atom. The Morgan fingerprint density at radius 1 is 1.02 bits per heavy atom. The normalized spacial score (nSPS) is 11.4. The van der Waals surface area contributed by atoms with Crippen LogP contribution < -0.4 is 15.6 Å². The van der Waals surface area contributed by atoms with Crippen LogP contribution in [0.25, 0.3) is 21.0 Å². The van der Waals surface area contributed by atoms with Crippen LogP contribution in [0.15, 0.2) is 59.4 Å². The fourth-order valence-electron chi connectivity index (χ4n) is 4.38. The molecule has 0 aliphatic rings. The number of hydrogen-bond acceptors (Lipinski definition) is 7. The number of ether oxygens (including phenoxy) is 2. The average Bonchev–Trinajstić information content (AvgIpc) is 3.32. The molecule has 2 aromatic heterocycles. The second-order valence-corrected chi connectivity index (χ2v) is 11.5. The van der Waals surface area contributed by atoms with Gasteiger partial charge in [0, 0.05) is 30.1 Å². The van der Waals surface area contributed by atoms with Crippen molar-refractivity contribution in [1.29, 1.82) is 0 Å². The first-order valence-electron chi connectivity index (χ1n) is 12.9. The second kappa shape index (κ2) is 11.9. The van der Waals surface area contributed by atoms with Crippen molar-refractivity contribution in [2.45, 2.75) is 39.3 Å². The van der Waals surface area contributed by atoms with Crippen LogP contribution in [0.4, 0.5) is 4.79 Å². The van der Waals surface area contributed by atoms with Crippen LogP contribution in [0, 0.1) is 0 Å². The fraction of sp³-hybridized carbons (Fsp3) is 0.333. The number of fused-ring (bicyclic) bond motifs is 3. The third-order valence-corrected chi connectivity index (χ3v) is 7.45. The Bertz CT molecular complexity index is 1620. The molecular formula is C30H33N3O6S. The number of para-hydroxylation sites is 1. The smallest absolute Gasteiger partial charge is 0.407 e. The van der Waals surface area contributed by atoms with Gasteiger partial charge in [-0.2, -0.15) is 0 Å². The molecule has 0 fully saturated rings. The summed E-state index contributed by atoms with van der Waals surface area (Å²) in [5.74, 6) is -0.322. The van der Waals surface area contributed by atoms with E-state index in [1.54, 1.807) is 37.4 Å². The van der Waals surface area contributed by atoms with E-state index in [2.05, 4.69) is 5.32 Å². The molecule has 0 aliphatic carbocycles. The molecule has 0 saturated carbocycles. The van der Waals surface area contributed by atoms with Gasteiger partial charge < -0.3 is 19.7 Å². The number of amides is 2. The number of nitrogens with one attached hydrogen (secondary N) is 1. The van der Waals surface area contributed by atoms with E-state index in [1.165, 1.54) is 27.9 Å². The number of nitrogens with zero attached hydrogens (tertiary/aromatic N) is 2. The minimum absolute atomic E-state index is 0.147. The quantitative estimate of drug-likeness (QED) is 0.224. The lowest BCUT2D eigenvalue weighted by Gasteiger charge is -2.20. The second-order valence-electron chi connectivity index (χ2n) is 10.5. The van der Waals surface area contributed by atoms with Gasteiger partial charge in [-0.3, -0.25) is 19.0 Å². The standard InChI is InChI=1S/C30H33N3O6S/c1-30(2,3)31-29(37)39-17-11-16-32(4)28(36)26-24(38-5)23-25(40-26)20-14-9-10-15-21(20)33(27(23)35)18-22(34)19-12-7-6-8-13-19/h6-10,12-15H,11,16-18H2,1-5H3,(H,31,37). The van der Waals surface area contributed by atoms with E-state index in [-0.39, 0.29) is 36.0 Å². The molecule has 4 aromatic rings. The lowest BCUT2D eigenvalue weighted by molar-refractivity contribution is 0.0782. The van der Waals surface area contributed by atoms with Gasteiger partial charge in [-0.1, -0.05) is 48.5 Å². The summed E-state index contributed by atoms with van der Waals surface area (Å²) < 4.78 is 12.9. The number of pyridine rings is 1. The van der Waals surface area contributed by atoms with E-state index in [1.807, 2.05) is 45.0 Å². The molecular weight excluding hydrogens is 530 g/mol. The van der Waals surface area contributed by atoms with Crippen LogP contribution in [0.1, 0.15) is 47.2 Å². The fourth-order valence-corrected chi connectivity index (χ4v) is 5.67. The van der Waals surface area contributed by atoms with E-state index in [0.29, 0.717) is 33.6 Å². The molecule has 2 amide bonds. The molecule has 0 spiro atoms. The number of alkyl carbamates (subject to hydrolysis) is 1. The summed E-state index contributed by atoms with van der Waals surface area (Å²) in [7, 11) is 3.07. The molecule has 0 saturated heterocycles. The number of rotatable bonds is 9. The number of carbonyl (C=O) groups is 3. The highest BCUT2D eigenvalue weighted by Gasteiger charge is 2.27. The van der Waals surface area contributed by atoms with E-state index < -0.39 is 17.2 Å². The van der Waals surface area contributed by atoms with Crippen LogP contribution >= 0.6 is 11.3 Å².